The van der Waals surface area contributed by atoms with Gasteiger partial charge in [-0.25, -0.2) is 0 Å². The standard InChI is InChI=1S/C18H36BrNO3/c1-2-3-4-5-6-7-8-9-10-11-12-13-17(22)16(15-21)20-18(23)14-19/h16-17,21-22H,2-15H2,1H3,(H,20,23). The van der Waals surface area contributed by atoms with Crippen molar-refractivity contribution >= 4 is 21.8 Å². The molecule has 3 N–H and O–H groups in total. The third-order valence-corrected chi connectivity index (χ3v) is 4.74. The number of amides is 1. The number of alkyl halides is 1. The molecule has 138 valence electrons. The lowest BCUT2D eigenvalue weighted by Crippen LogP contribution is -2.46. The van der Waals surface area contributed by atoms with Crippen LogP contribution in [0.5, 0.6) is 0 Å². The Hall–Kier alpha value is -0.130. The zero-order valence-corrected chi connectivity index (χ0v) is 16.3. The van der Waals surface area contributed by atoms with Gasteiger partial charge in [0.2, 0.25) is 5.91 Å². The summed E-state index contributed by atoms with van der Waals surface area (Å²) in [5, 5.41) is 22.0. The number of carbonyl (C=O) groups excluding carboxylic acids is 1. The van der Waals surface area contributed by atoms with Crippen LogP contribution in [-0.4, -0.2) is 40.2 Å². The van der Waals surface area contributed by atoms with Crippen molar-refractivity contribution in [1.29, 1.82) is 0 Å². The predicted molar refractivity (Wildman–Crippen MR) is 99.9 cm³/mol. The highest BCUT2D eigenvalue weighted by Crippen LogP contribution is 2.13. The van der Waals surface area contributed by atoms with E-state index in [4.69, 9.17) is 0 Å². The molecule has 0 saturated heterocycles. The first-order valence-corrected chi connectivity index (χ1v) is 10.4. The van der Waals surface area contributed by atoms with Crippen LogP contribution >= 0.6 is 15.9 Å². The number of hydrogen-bond donors (Lipinski definition) is 3. The highest BCUT2D eigenvalue weighted by molar-refractivity contribution is 9.09. The number of nitrogens with one attached hydrogen (secondary N) is 1. The maximum absolute atomic E-state index is 11.3. The molecule has 0 heterocycles. The van der Waals surface area contributed by atoms with Crippen LogP contribution in [0.2, 0.25) is 0 Å². The van der Waals surface area contributed by atoms with E-state index in [0.29, 0.717) is 6.42 Å². The summed E-state index contributed by atoms with van der Waals surface area (Å²) < 4.78 is 0. The Morgan fingerprint density at radius 1 is 0.957 bits per heavy atom. The molecule has 4 nitrogen and oxygen atoms in total. The SMILES string of the molecule is CCCCCCCCCCCCCC(O)C(CO)NC(=O)CBr. The van der Waals surface area contributed by atoms with Crippen LogP contribution in [-0.2, 0) is 4.79 Å². The van der Waals surface area contributed by atoms with Gasteiger partial charge in [0.15, 0.2) is 0 Å². The topological polar surface area (TPSA) is 69.6 Å². The van der Waals surface area contributed by atoms with Crippen LogP contribution in [0.4, 0.5) is 0 Å². The Morgan fingerprint density at radius 3 is 1.87 bits per heavy atom. The molecule has 5 heteroatoms. The molecule has 0 aliphatic carbocycles. The van der Waals surface area contributed by atoms with Gasteiger partial charge in [-0.2, -0.15) is 0 Å². The molecule has 2 atom stereocenters. The largest absolute Gasteiger partial charge is 0.394 e. The van der Waals surface area contributed by atoms with E-state index >= 15 is 0 Å². The van der Waals surface area contributed by atoms with Crippen molar-refractivity contribution < 1.29 is 15.0 Å². The van der Waals surface area contributed by atoms with Gasteiger partial charge in [-0.1, -0.05) is 93.5 Å². The van der Waals surface area contributed by atoms with Crippen LogP contribution in [0.25, 0.3) is 0 Å². The number of rotatable bonds is 16. The molecule has 0 saturated carbocycles. The zero-order valence-electron chi connectivity index (χ0n) is 14.7. The average molecular weight is 394 g/mol. The summed E-state index contributed by atoms with van der Waals surface area (Å²) in [6.45, 7) is 2.02. The first kappa shape index (κ1) is 22.9. The third kappa shape index (κ3) is 14.0. The predicted octanol–water partition coefficient (Wildman–Crippen LogP) is 3.92. The fourth-order valence-corrected chi connectivity index (χ4v) is 2.89. The summed E-state index contributed by atoms with van der Waals surface area (Å²) in [5.41, 5.74) is 0. The molecule has 0 aliphatic rings. The number of halogens is 1. The monoisotopic (exact) mass is 393 g/mol. The Kier molecular flexibility index (Phi) is 16.6. The van der Waals surface area contributed by atoms with E-state index in [1.54, 1.807) is 0 Å². The van der Waals surface area contributed by atoms with Gasteiger partial charge in [0.05, 0.1) is 24.1 Å². The van der Waals surface area contributed by atoms with E-state index in [9.17, 15) is 15.0 Å². The zero-order chi connectivity index (χ0) is 17.3. The van der Waals surface area contributed by atoms with Crippen LogP contribution in [0.15, 0.2) is 0 Å². The van der Waals surface area contributed by atoms with Crippen molar-refractivity contribution in [3.05, 3.63) is 0 Å². The average Bonchev–Trinajstić information content (AvgIpc) is 2.56. The van der Waals surface area contributed by atoms with E-state index in [1.807, 2.05) is 0 Å². The normalized spacial score (nSPS) is 13.7. The van der Waals surface area contributed by atoms with Gasteiger partial charge < -0.3 is 15.5 Å². The molecular weight excluding hydrogens is 358 g/mol. The van der Waals surface area contributed by atoms with Crippen LogP contribution in [0.1, 0.15) is 84.0 Å². The van der Waals surface area contributed by atoms with Crippen molar-refractivity contribution in [2.24, 2.45) is 0 Å². The molecule has 2 unspecified atom stereocenters. The second-order valence-corrected chi connectivity index (χ2v) is 6.94. The second kappa shape index (κ2) is 16.7. The highest BCUT2D eigenvalue weighted by atomic mass is 79.9. The summed E-state index contributed by atoms with van der Waals surface area (Å²) in [5.74, 6) is -0.206. The Bertz CT molecular complexity index is 277. The summed E-state index contributed by atoms with van der Waals surface area (Å²) in [4.78, 5) is 11.3. The number of carbonyl (C=O) groups is 1. The minimum atomic E-state index is -0.665. The molecule has 0 radical (unpaired) electrons. The van der Waals surface area contributed by atoms with Crippen molar-refractivity contribution in [2.45, 2.75) is 96.1 Å². The summed E-state index contributed by atoms with van der Waals surface area (Å²) in [6, 6.07) is -0.553. The lowest BCUT2D eigenvalue weighted by atomic mass is 10.0. The molecule has 23 heavy (non-hydrogen) atoms. The van der Waals surface area contributed by atoms with Gasteiger partial charge in [0, 0.05) is 0 Å². The molecule has 1 amide bonds. The number of hydrogen-bond acceptors (Lipinski definition) is 3. The first-order chi connectivity index (χ1) is 11.2. The molecule has 0 aromatic rings. The molecule has 0 aliphatic heterocycles. The number of aliphatic hydroxyl groups is 2. The molecule has 0 rings (SSSR count). The maximum atomic E-state index is 11.3. The van der Waals surface area contributed by atoms with Gasteiger partial charge in [-0.05, 0) is 6.42 Å². The van der Waals surface area contributed by atoms with Crippen LogP contribution < -0.4 is 5.32 Å². The Labute approximate surface area is 150 Å². The smallest absolute Gasteiger partial charge is 0.231 e. The number of aliphatic hydroxyl groups excluding tert-OH is 2. The quantitative estimate of drug-likeness (QED) is 0.275. The minimum absolute atomic E-state index is 0.189. The van der Waals surface area contributed by atoms with E-state index in [1.165, 1.54) is 57.8 Å². The van der Waals surface area contributed by atoms with Crippen LogP contribution in [0.3, 0.4) is 0 Å². The van der Waals surface area contributed by atoms with Crippen LogP contribution in [0, 0.1) is 0 Å². The summed E-state index contributed by atoms with van der Waals surface area (Å²) in [6.07, 6.45) is 14.0. The Balaban J connectivity index is 3.47. The molecule has 0 aromatic heterocycles. The fraction of sp³-hybridized carbons (Fsp3) is 0.944. The first-order valence-electron chi connectivity index (χ1n) is 9.29. The number of unbranched alkanes of at least 4 members (excludes halogenated alkanes) is 10. The van der Waals surface area contributed by atoms with Gasteiger partial charge in [-0.15, -0.1) is 0 Å². The highest BCUT2D eigenvalue weighted by Gasteiger charge is 2.19. The minimum Gasteiger partial charge on any atom is -0.394 e. The molecular formula is C18H36BrNO3. The lowest BCUT2D eigenvalue weighted by molar-refractivity contribution is -0.120. The van der Waals surface area contributed by atoms with E-state index in [2.05, 4.69) is 28.2 Å². The second-order valence-electron chi connectivity index (χ2n) is 6.38. The van der Waals surface area contributed by atoms with E-state index in [0.717, 1.165) is 12.8 Å². The molecule has 0 aromatic carbocycles. The van der Waals surface area contributed by atoms with Crippen molar-refractivity contribution in [3.63, 3.8) is 0 Å². The summed E-state index contributed by atoms with van der Waals surface area (Å²) in [7, 11) is 0. The van der Waals surface area contributed by atoms with Gasteiger partial charge >= 0.3 is 0 Å². The van der Waals surface area contributed by atoms with Gasteiger partial charge in [0.1, 0.15) is 0 Å². The lowest BCUT2D eigenvalue weighted by Gasteiger charge is -2.21. The fourth-order valence-electron chi connectivity index (χ4n) is 2.73. The van der Waals surface area contributed by atoms with E-state index in [-0.39, 0.29) is 17.8 Å². The molecule has 0 spiro atoms. The van der Waals surface area contributed by atoms with Gasteiger partial charge in [0.25, 0.3) is 0 Å². The van der Waals surface area contributed by atoms with Gasteiger partial charge in [-0.3, -0.25) is 4.79 Å². The molecule has 0 fully saturated rings. The maximum Gasteiger partial charge on any atom is 0.231 e. The summed E-state index contributed by atoms with van der Waals surface area (Å²) >= 11 is 3.06. The van der Waals surface area contributed by atoms with Crippen molar-refractivity contribution in [1.82, 2.24) is 5.32 Å². The van der Waals surface area contributed by atoms with Crippen molar-refractivity contribution in [2.75, 3.05) is 11.9 Å². The van der Waals surface area contributed by atoms with E-state index < -0.39 is 12.1 Å². The molecule has 0 bridgehead atoms. The Morgan fingerprint density at radius 2 is 1.43 bits per heavy atom. The third-order valence-electron chi connectivity index (χ3n) is 4.23. The van der Waals surface area contributed by atoms with Crippen molar-refractivity contribution in [3.8, 4) is 0 Å².